The van der Waals surface area contributed by atoms with Gasteiger partial charge < -0.3 is 4.74 Å². The monoisotopic (exact) mass is 344 g/mol. The number of hydrogen-bond acceptors (Lipinski definition) is 5. The fourth-order valence-corrected chi connectivity index (χ4v) is 3.04. The third kappa shape index (κ3) is 3.40. The first-order valence-corrected chi connectivity index (χ1v) is 8.47. The summed E-state index contributed by atoms with van der Waals surface area (Å²) in [5, 5.41) is 13.6. The molecule has 0 spiro atoms. The molecular formula is C16H16N4OS2. The highest BCUT2D eigenvalue weighted by molar-refractivity contribution is 7.71. The molecule has 0 atom stereocenters. The molecule has 2 heterocycles. The maximum Gasteiger partial charge on any atom is 0.216 e. The maximum absolute atomic E-state index is 5.46. The van der Waals surface area contributed by atoms with Crippen molar-refractivity contribution >= 4 is 29.8 Å². The fraction of sp³-hybridized carbons (Fsp3) is 0.188. The molecule has 0 fully saturated rings. The zero-order valence-corrected chi connectivity index (χ0v) is 14.4. The third-order valence-corrected chi connectivity index (χ3v) is 4.48. The van der Waals surface area contributed by atoms with Crippen molar-refractivity contribution in [3.05, 3.63) is 50.9 Å². The highest BCUT2D eigenvalue weighted by Crippen LogP contribution is 2.21. The molecule has 0 saturated carbocycles. The Labute approximate surface area is 143 Å². The van der Waals surface area contributed by atoms with E-state index in [-0.39, 0.29) is 0 Å². The molecule has 0 radical (unpaired) electrons. The molecule has 7 heteroatoms. The summed E-state index contributed by atoms with van der Waals surface area (Å²) in [6.07, 6.45) is 1.81. The molecular weight excluding hydrogens is 328 g/mol. The number of nitrogens with one attached hydrogen (secondary N) is 1. The number of H-pyrrole nitrogens is 1. The second kappa shape index (κ2) is 6.89. The summed E-state index contributed by atoms with van der Waals surface area (Å²) in [6.45, 7) is 4.66. The van der Waals surface area contributed by atoms with Crippen molar-refractivity contribution in [3.8, 4) is 17.1 Å². The summed E-state index contributed by atoms with van der Waals surface area (Å²) in [6, 6.07) is 9.77. The Kier molecular flexibility index (Phi) is 4.68. The van der Waals surface area contributed by atoms with Crippen LogP contribution in [0, 0.1) is 11.7 Å². The molecule has 0 saturated heterocycles. The van der Waals surface area contributed by atoms with Gasteiger partial charge in [0.2, 0.25) is 4.77 Å². The Bertz CT molecular complexity index is 874. The molecule has 3 rings (SSSR count). The van der Waals surface area contributed by atoms with E-state index in [0.29, 0.717) is 17.2 Å². The van der Waals surface area contributed by atoms with E-state index in [2.05, 4.69) is 28.3 Å². The van der Waals surface area contributed by atoms with Crippen LogP contribution in [-0.4, -0.2) is 27.7 Å². The van der Waals surface area contributed by atoms with E-state index in [0.717, 1.165) is 16.2 Å². The zero-order valence-electron chi connectivity index (χ0n) is 12.8. The van der Waals surface area contributed by atoms with E-state index in [9.17, 15) is 0 Å². The molecule has 0 aliphatic heterocycles. The largest absolute Gasteiger partial charge is 0.494 e. The van der Waals surface area contributed by atoms with Crippen LogP contribution in [0.15, 0.2) is 40.8 Å². The number of aromatic amines is 1. The minimum Gasteiger partial charge on any atom is -0.494 e. The summed E-state index contributed by atoms with van der Waals surface area (Å²) in [4.78, 5) is 1.10. The van der Waals surface area contributed by atoms with Gasteiger partial charge in [-0.25, -0.2) is 5.10 Å². The summed E-state index contributed by atoms with van der Waals surface area (Å²) in [5.74, 6) is 1.50. The van der Waals surface area contributed by atoms with E-state index in [1.165, 1.54) is 5.56 Å². The van der Waals surface area contributed by atoms with Gasteiger partial charge in [-0.15, -0.1) is 11.3 Å². The summed E-state index contributed by atoms with van der Waals surface area (Å²) >= 11 is 6.92. The van der Waals surface area contributed by atoms with Gasteiger partial charge in [-0.2, -0.15) is 14.9 Å². The molecule has 2 aromatic heterocycles. The lowest BCUT2D eigenvalue weighted by Gasteiger charge is -2.04. The molecule has 1 N–H and O–H groups in total. The minimum atomic E-state index is 0.458. The second-order valence-electron chi connectivity index (χ2n) is 4.83. The molecule has 5 nitrogen and oxygen atoms in total. The SMILES string of the molecule is CCOc1ccc(-c2n[nH]c(=S)n2/N=C\c2sccc2C)cc1. The highest BCUT2D eigenvalue weighted by atomic mass is 32.1. The van der Waals surface area contributed by atoms with Crippen molar-refractivity contribution in [1.82, 2.24) is 14.9 Å². The van der Waals surface area contributed by atoms with Crippen molar-refractivity contribution in [2.75, 3.05) is 6.61 Å². The Morgan fingerprint density at radius 1 is 1.35 bits per heavy atom. The average Bonchev–Trinajstić information content (AvgIpc) is 3.12. The van der Waals surface area contributed by atoms with E-state index in [4.69, 9.17) is 17.0 Å². The lowest BCUT2D eigenvalue weighted by molar-refractivity contribution is 0.340. The highest BCUT2D eigenvalue weighted by Gasteiger charge is 2.08. The number of ether oxygens (including phenoxy) is 1. The van der Waals surface area contributed by atoms with Crippen LogP contribution < -0.4 is 4.74 Å². The van der Waals surface area contributed by atoms with Crippen LogP contribution in [0.5, 0.6) is 5.75 Å². The smallest absolute Gasteiger partial charge is 0.216 e. The number of hydrogen-bond donors (Lipinski definition) is 1. The number of thiophene rings is 1. The third-order valence-electron chi connectivity index (χ3n) is 3.27. The minimum absolute atomic E-state index is 0.458. The Morgan fingerprint density at radius 3 is 2.78 bits per heavy atom. The number of nitrogens with zero attached hydrogens (tertiary/aromatic N) is 3. The molecule has 3 aromatic rings. The summed E-state index contributed by atoms with van der Waals surface area (Å²) in [5.41, 5.74) is 2.11. The number of aromatic nitrogens is 3. The lowest BCUT2D eigenvalue weighted by Crippen LogP contribution is -1.95. The first-order chi connectivity index (χ1) is 11.2. The van der Waals surface area contributed by atoms with Crippen LogP contribution in [0.1, 0.15) is 17.4 Å². The number of benzene rings is 1. The number of aryl methyl sites for hydroxylation is 1. The van der Waals surface area contributed by atoms with Gasteiger partial charge in [0.05, 0.1) is 17.7 Å². The Morgan fingerprint density at radius 2 is 2.13 bits per heavy atom. The second-order valence-corrected chi connectivity index (χ2v) is 6.17. The first kappa shape index (κ1) is 15.6. The predicted molar refractivity (Wildman–Crippen MR) is 96.1 cm³/mol. The topological polar surface area (TPSA) is 55.2 Å². The first-order valence-electron chi connectivity index (χ1n) is 7.18. The van der Waals surface area contributed by atoms with Gasteiger partial charge >= 0.3 is 0 Å². The van der Waals surface area contributed by atoms with Crippen LogP contribution in [0.4, 0.5) is 0 Å². The molecule has 0 bridgehead atoms. The fourth-order valence-electron chi connectivity index (χ4n) is 2.08. The molecule has 0 aliphatic carbocycles. The normalized spacial score (nSPS) is 11.2. The van der Waals surface area contributed by atoms with Crippen molar-refractivity contribution in [2.45, 2.75) is 13.8 Å². The maximum atomic E-state index is 5.46. The van der Waals surface area contributed by atoms with E-state index >= 15 is 0 Å². The summed E-state index contributed by atoms with van der Waals surface area (Å²) in [7, 11) is 0. The molecule has 0 aliphatic rings. The summed E-state index contributed by atoms with van der Waals surface area (Å²) < 4.78 is 7.54. The van der Waals surface area contributed by atoms with E-state index in [1.54, 1.807) is 16.0 Å². The van der Waals surface area contributed by atoms with Crippen molar-refractivity contribution < 1.29 is 4.74 Å². The average molecular weight is 344 g/mol. The van der Waals surface area contributed by atoms with Crippen molar-refractivity contribution in [1.29, 1.82) is 0 Å². The van der Waals surface area contributed by atoms with Gasteiger partial charge in [0, 0.05) is 5.56 Å². The van der Waals surface area contributed by atoms with Crippen LogP contribution in [-0.2, 0) is 0 Å². The molecule has 0 amide bonds. The lowest BCUT2D eigenvalue weighted by atomic mass is 10.2. The Hall–Kier alpha value is -2.25. The van der Waals surface area contributed by atoms with Crippen LogP contribution in [0.3, 0.4) is 0 Å². The molecule has 1 aromatic carbocycles. The van der Waals surface area contributed by atoms with Crippen molar-refractivity contribution in [2.24, 2.45) is 5.10 Å². The molecule has 0 unspecified atom stereocenters. The van der Waals surface area contributed by atoms with Crippen LogP contribution in [0.25, 0.3) is 11.4 Å². The van der Waals surface area contributed by atoms with Gasteiger partial charge in [0.15, 0.2) is 5.82 Å². The zero-order chi connectivity index (χ0) is 16.2. The molecule has 23 heavy (non-hydrogen) atoms. The standard InChI is InChI=1S/C16H16N4OS2/c1-3-21-13-6-4-12(5-7-13)15-18-19-16(22)20(15)17-10-14-11(2)8-9-23-14/h4-10H,3H2,1-2H3,(H,19,22)/b17-10-. The molecule has 118 valence electrons. The van der Waals surface area contributed by atoms with E-state index < -0.39 is 0 Å². The van der Waals surface area contributed by atoms with Gasteiger partial charge in [0.1, 0.15) is 5.75 Å². The van der Waals surface area contributed by atoms with Crippen LogP contribution in [0.2, 0.25) is 0 Å². The predicted octanol–water partition coefficient (Wildman–Crippen LogP) is 4.26. The van der Waals surface area contributed by atoms with E-state index in [1.807, 2.05) is 42.8 Å². The van der Waals surface area contributed by atoms with Gasteiger partial charge in [-0.1, -0.05) is 0 Å². The number of rotatable bonds is 5. The van der Waals surface area contributed by atoms with Gasteiger partial charge in [-0.05, 0) is 67.3 Å². The Balaban J connectivity index is 1.94. The quantitative estimate of drug-likeness (QED) is 0.556. The van der Waals surface area contributed by atoms with Gasteiger partial charge in [-0.3, -0.25) is 0 Å². The van der Waals surface area contributed by atoms with Crippen LogP contribution >= 0.6 is 23.6 Å². The van der Waals surface area contributed by atoms with Crippen molar-refractivity contribution in [3.63, 3.8) is 0 Å². The van der Waals surface area contributed by atoms with Gasteiger partial charge in [0.25, 0.3) is 0 Å².